The third-order valence-corrected chi connectivity index (χ3v) is 8.41. The Hall–Kier alpha value is -3.35. The van der Waals surface area contributed by atoms with Gasteiger partial charge >= 0.3 is 18.4 Å². The first-order chi connectivity index (χ1) is 19.4. The van der Waals surface area contributed by atoms with E-state index in [-0.39, 0.29) is 36.6 Å². The van der Waals surface area contributed by atoms with Crippen LogP contribution in [-0.2, 0) is 17.1 Å². The average Bonchev–Trinajstić information content (AvgIpc) is 3.34. The molecule has 42 heavy (non-hydrogen) atoms. The molecule has 0 aromatic heterocycles. The Bertz CT molecular complexity index is 1310. The summed E-state index contributed by atoms with van der Waals surface area (Å²) in [5, 5.41) is 9.85. The Morgan fingerprint density at radius 1 is 0.976 bits per heavy atom. The molecular formula is C29H32F7N3O3. The number of amides is 3. The minimum Gasteiger partial charge on any atom is -0.384 e. The molecule has 2 saturated heterocycles. The number of carbonyl (C=O) groups excluding carboxylic acids is 2. The van der Waals surface area contributed by atoms with Crippen molar-refractivity contribution in [1.29, 1.82) is 0 Å². The maximum absolute atomic E-state index is 14.0. The molecule has 2 aliphatic heterocycles. The van der Waals surface area contributed by atoms with Crippen LogP contribution in [0.3, 0.4) is 0 Å². The van der Waals surface area contributed by atoms with Crippen molar-refractivity contribution in [3.8, 4) is 0 Å². The van der Waals surface area contributed by atoms with E-state index in [0.29, 0.717) is 36.2 Å². The third-order valence-electron chi connectivity index (χ3n) is 8.41. The maximum atomic E-state index is 14.0. The summed E-state index contributed by atoms with van der Waals surface area (Å²) in [5.74, 6) is -1.31. The van der Waals surface area contributed by atoms with Crippen LogP contribution in [0.1, 0.15) is 60.2 Å². The number of hydrogen-bond acceptors (Lipinski definition) is 3. The molecule has 2 aliphatic rings. The summed E-state index contributed by atoms with van der Waals surface area (Å²) in [6.07, 6.45) is -10.8. The number of piperidine rings is 1. The number of rotatable bonds is 4. The Balaban J connectivity index is 1.71. The van der Waals surface area contributed by atoms with Gasteiger partial charge < -0.3 is 19.8 Å². The van der Waals surface area contributed by atoms with Gasteiger partial charge in [-0.2, -0.15) is 26.3 Å². The van der Waals surface area contributed by atoms with Gasteiger partial charge in [0.25, 0.3) is 5.91 Å². The normalized spacial score (nSPS) is 22.5. The number of aliphatic hydroxyl groups is 1. The molecule has 13 heteroatoms. The average molecular weight is 604 g/mol. The molecule has 0 bridgehead atoms. The zero-order valence-electron chi connectivity index (χ0n) is 23.4. The van der Waals surface area contributed by atoms with E-state index in [1.54, 1.807) is 13.0 Å². The maximum Gasteiger partial charge on any atom is 0.416 e. The number of benzene rings is 2. The summed E-state index contributed by atoms with van der Waals surface area (Å²) >= 11 is 0. The fraction of sp³-hybridized carbons (Fsp3) is 0.517. The summed E-state index contributed by atoms with van der Waals surface area (Å²) in [6, 6.07) is 2.87. The number of alkyl halides is 6. The number of urea groups is 1. The minimum atomic E-state index is -5.04. The van der Waals surface area contributed by atoms with Crippen molar-refractivity contribution in [2.75, 3.05) is 26.7 Å². The number of hydrogen-bond donors (Lipinski definition) is 1. The Kier molecular flexibility index (Phi) is 8.56. The number of carbonyl (C=O) groups is 2. The second-order valence-corrected chi connectivity index (χ2v) is 11.2. The standard InChI is InChI=1S/C29H32F7N3O3/c1-15-9-22(30)5-6-23(15)25-24-14-38(26(41)17(3)40)13-18(24)7-8-39(25)27(42)37(4)16(2)19-10-20(28(31,32)33)12-21(11-19)29(34,35)36/h5-6,9-12,16-18,24-25,40H,7-8,13-14H2,1-4H3/t16-,17+,18-,24-,25+/m1/s1. The zero-order valence-corrected chi connectivity index (χ0v) is 23.4. The molecule has 0 radical (unpaired) electrons. The van der Waals surface area contributed by atoms with Gasteiger partial charge in [0.2, 0.25) is 0 Å². The fourth-order valence-electron chi connectivity index (χ4n) is 6.08. The van der Waals surface area contributed by atoms with Crippen LogP contribution in [0.4, 0.5) is 35.5 Å². The van der Waals surface area contributed by atoms with E-state index < -0.39 is 59.4 Å². The lowest BCUT2D eigenvalue weighted by Gasteiger charge is -2.45. The number of halogens is 7. The van der Waals surface area contributed by atoms with Crippen molar-refractivity contribution in [1.82, 2.24) is 14.7 Å². The quantitative estimate of drug-likeness (QED) is 0.425. The van der Waals surface area contributed by atoms with Crippen LogP contribution in [-0.4, -0.2) is 64.5 Å². The van der Waals surface area contributed by atoms with Gasteiger partial charge in [-0.25, -0.2) is 9.18 Å². The van der Waals surface area contributed by atoms with Crippen LogP contribution in [0.2, 0.25) is 0 Å². The second kappa shape index (κ2) is 11.4. The first kappa shape index (κ1) is 31.6. The molecule has 2 heterocycles. The van der Waals surface area contributed by atoms with Gasteiger partial charge in [0, 0.05) is 32.6 Å². The van der Waals surface area contributed by atoms with Crippen molar-refractivity contribution >= 4 is 11.9 Å². The molecular weight excluding hydrogens is 571 g/mol. The molecule has 5 atom stereocenters. The number of fused-ring (bicyclic) bond motifs is 1. The van der Waals surface area contributed by atoms with Crippen molar-refractivity contribution in [2.24, 2.45) is 11.8 Å². The molecule has 4 rings (SSSR count). The molecule has 0 saturated carbocycles. The zero-order chi connectivity index (χ0) is 31.3. The Morgan fingerprint density at radius 2 is 1.57 bits per heavy atom. The van der Waals surface area contributed by atoms with E-state index in [1.165, 1.54) is 42.8 Å². The van der Waals surface area contributed by atoms with Gasteiger partial charge in [0.05, 0.1) is 23.2 Å². The highest BCUT2D eigenvalue weighted by molar-refractivity contribution is 5.80. The third kappa shape index (κ3) is 6.20. The first-order valence-corrected chi connectivity index (χ1v) is 13.5. The van der Waals surface area contributed by atoms with Gasteiger partial charge in [-0.1, -0.05) is 6.07 Å². The van der Waals surface area contributed by atoms with E-state index in [0.717, 1.165) is 4.90 Å². The lowest BCUT2D eigenvalue weighted by atomic mass is 9.78. The summed E-state index contributed by atoms with van der Waals surface area (Å²) in [6.45, 7) is 5.12. The van der Waals surface area contributed by atoms with Crippen LogP contribution in [0, 0.1) is 24.6 Å². The Morgan fingerprint density at radius 3 is 2.10 bits per heavy atom. The molecule has 0 spiro atoms. The lowest BCUT2D eigenvalue weighted by Crippen LogP contribution is -2.51. The molecule has 0 unspecified atom stereocenters. The van der Waals surface area contributed by atoms with Crippen LogP contribution in [0.25, 0.3) is 0 Å². The van der Waals surface area contributed by atoms with E-state index in [2.05, 4.69) is 0 Å². The summed E-state index contributed by atoms with van der Waals surface area (Å²) in [5.41, 5.74) is -2.14. The topological polar surface area (TPSA) is 64.1 Å². The van der Waals surface area contributed by atoms with E-state index in [4.69, 9.17) is 0 Å². The van der Waals surface area contributed by atoms with Crippen molar-refractivity contribution < 1.29 is 45.4 Å². The van der Waals surface area contributed by atoms with E-state index in [9.17, 15) is 45.4 Å². The smallest absolute Gasteiger partial charge is 0.384 e. The minimum absolute atomic E-state index is 0.0382. The van der Waals surface area contributed by atoms with Crippen LogP contribution < -0.4 is 0 Å². The molecule has 2 aromatic carbocycles. The number of aliphatic hydroxyl groups excluding tert-OH is 1. The van der Waals surface area contributed by atoms with Crippen LogP contribution in [0.5, 0.6) is 0 Å². The molecule has 230 valence electrons. The van der Waals surface area contributed by atoms with Crippen molar-refractivity contribution in [2.45, 2.75) is 57.7 Å². The molecule has 6 nitrogen and oxygen atoms in total. The molecule has 0 aliphatic carbocycles. The van der Waals surface area contributed by atoms with Gasteiger partial charge in [0.15, 0.2) is 0 Å². The van der Waals surface area contributed by atoms with Crippen LogP contribution >= 0.6 is 0 Å². The predicted octanol–water partition coefficient (Wildman–Crippen LogP) is 6.19. The van der Waals surface area contributed by atoms with Crippen molar-refractivity contribution in [3.63, 3.8) is 0 Å². The summed E-state index contributed by atoms with van der Waals surface area (Å²) in [4.78, 5) is 30.7. The highest BCUT2D eigenvalue weighted by Gasteiger charge is 2.48. The van der Waals surface area contributed by atoms with Crippen LogP contribution in [0.15, 0.2) is 36.4 Å². The largest absolute Gasteiger partial charge is 0.416 e. The number of likely N-dealkylation sites (tertiary alicyclic amines) is 2. The SMILES string of the molecule is Cc1cc(F)ccc1[C@H]1[C@@H]2CN(C(=O)[C@H](C)O)C[C@H]2CCN1C(=O)N(C)[C@H](C)c1cc(C(F)(F)F)cc(C(F)(F)F)c1. The fourth-order valence-corrected chi connectivity index (χ4v) is 6.08. The molecule has 2 aromatic rings. The van der Waals surface area contributed by atoms with Gasteiger partial charge in [0.1, 0.15) is 11.9 Å². The van der Waals surface area contributed by atoms with E-state index in [1.807, 2.05) is 0 Å². The van der Waals surface area contributed by atoms with Gasteiger partial charge in [-0.3, -0.25) is 4.79 Å². The molecule has 3 amide bonds. The molecule has 1 N–H and O–H groups in total. The molecule has 2 fully saturated rings. The van der Waals surface area contributed by atoms with Crippen molar-refractivity contribution in [3.05, 3.63) is 70.0 Å². The lowest BCUT2D eigenvalue weighted by molar-refractivity contribution is -0.143. The first-order valence-electron chi connectivity index (χ1n) is 13.5. The van der Waals surface area contributed by atoms with E-state index >= 15 is 0 Å². The Labute approximate surface area is 238 Å². The number of aryl methyl sites for hydroxylation is 1. The predicted molar refractivity (Wildman–Crippen MR) is 138 cm³/mol. The highest BCUT2D eigenvalue weighted by atomic mass is 19.4. The monoisotopic (exact) mass is 603 g/mol. The highest BCUT2D eigenvalue weighted by Crippen LogP contribution is 2.46. The second-order valence-electron chi connectivity index (χ2n) is 11.2. The summed E-state index contributed by atoms with van der Waals surface area (Å²) in [7, 11) is 1.30. The van der Waals surface area contributed by atoms with Gasteiger partial charge in [-0.15, -0.1) is 0 Å². The van der Waals surface area contributed by atoms with Gasteiger partial charge in [-0.05, 0) is 80.1 Å². The summed E-state index contributed by atoms with van der Waals surface area (Å²) < 4.78 is 95.0. The number of nitrogens with zero attached hydrogens (tertiary/aromatic N) is 3.